The van der Waals surface area contributed by atoms with Gasteiger partial charge in [-0.3, -0.25) is 4.79 Å². The summed E-state index contributed by atoms with van der Waals surface area (Å²) in [5, 5.41) is 3.39. The van der Waals surface area contributed by atoms with Crippen molar-refractivity contribution in [1.29, 1.82) is 0 Å². The van der Waals surface area contributed by atoms with Crippen molar-refractivity contribution in [2.75, 3.05) is 20.3 Å². The molecule has 2 atom stereocenters. The summed E-state index contributed by atoms with van der Waals surface area (Å²) in [7, 11) is 1.59. The van der Waals surface area contributed by atoms with Crippen LogP contribution in [0.25, 0.3) is 0 Å². The molecule has 1 aliphatic carbocycles. The van der Waals surface area contributed by atoms with Crippen molar-refractivity contribution in [3.8, 4) is 11.5 Å². The molecule has 1 heterocycles. The number of dihydropyridines is 1. The van der Waals surface area contributed by atoms with Crippen LogP contribution in [-0.4, -0.2) is 32.1 Å². The maximum atomic E-state index is 13.7. The number of methoxy groups -OCH3 is 1. The first kappa shape index (κ1) is 24.6. The average Bonchev–Trinajstić information content (AvgIpc) is 2.87. The second kappa shape index (κ2) is 10.8. The summed E-state index contributed by atoms with van der Waals surface area (Å²) < 4.78 is 16.8. The molecule has 0 saturated heterocycles. The van der Waals surface area contributed by atoms with E-state index in [1.54, 1.807) is 14.0 Å². The predicted molar refractivity (Wildman–Crippen MR) is 134 cm³/mol. The number of benzene rings is 2. The molecule has 0 radical (unpaired) electrons. The van der Waals surface area contributed by atoms with Crippen molar-refractivity contribution in [3.63, 3.8) is 0 Å². The standard InChI is InChI=1S/C29H33NO5/c1-5-14-35-24-13-12-20(17-25(24)33-4)27-26(29(32)34-6-2)18(3)30-22-15-21(16-23(31)28(22)27)19-10-8-7-9-11-19/h7-13,17,21,27,30H,5-6,14-16H2,1-4H3. The number of nitrogens with one attached hydrogen (secondary N) is 1. The highest BCUT2D eigenvalue weighted by Crippen LogP contribution is 2.47. The molecule has 2 aromatic rings. The van der Waals surface area contributed by atoms with Gasteiger partial charge in [0.15, 0.2) is 17.3 Å². The summed E-state index contributed by atoms with van der Waals surface area (Å²) in [6.45, 7) is 6.52. The van der Waals surface area contributed by atoms with E-state index >= 15 is 0 Å². The number of hydrogen-bond donors (Lipinski definition) is 1. The van der Waals surface area contributed by atoms with Crippen molar-refractivity contribution >= 4 is 11.8 Å². The molecule has 2 aliphatic rings. The van der Waals surface area contributed by atoms with Gasteiger partial charge in [-0.2, -0.15) is 0 Å². The van der Waals surface area contributed by atoms with Crippen LogP contribution in [-0.2, 0) is 14.3 Å². The number of esters is 1. The number of hydrogen-bond acceptors (Lipinski definition) is 6. The van der Waals surface area contributed by atoms with Gasteiger partial charge in [0.1, 0.15) is 0 Å². The third-order valence-electron chi connectivity index (χ3n) is 6.58. The summed E-state index contributed by atoms with van der Waals surface area (Å²) in [5.74, 6) is 0.381. The lowest BCUT2D eigenvalue weighted by molar-refractivity contribution is -0.138. The van der Waals surface area contributed by atoms with Gasteiger partial charge in [-0.25, -0.2) is 4.79 Å². The van der Waals surface area contributed by atoms with E-state index in [2.05, 4.69) is 17.4 Å². The van der Waals surface area contributed by atoms with Gasteiger partial charge in [0.25, 0.3) is 0 Å². The van der Waals surface area contributed by atoms with Crippen LogP contribution in [0, 0.1) is 0 Å². The number of carbonyl (C=O) groups is 2. The Morgan fingerprint density at radius 3 is 2.49 bits per heavy atom. The first-order valence-electron chi connectivity index (χ1n) is 12.2. The van der Waals surface area contributed by atoms with Crippen LogP contribution in [0.3, 0.4) is 0 Å². The maximum absolute atomic E-state index is 13.7. The lowest BCUT2D eigenvalue weighted by Crippen LogP contribution is -2.36. The largest absolute Gasteiger partial charge is 0.493 e. The van der Waals surface area contributed by atoms with Crippen LogP contribution in [0.15, 0.2) is 71.1 Å². The highest BCUT2D eigenvalue weighted by Gasteiger charge is 2.41. The molecule has 0 fully saturated rings. The summed E-state index contributed by atoms with van der Waals surface area (Å²) in [6, 6.07) is 15.7. The molecule has 0 amide bonds. The average molecular weight is 476 g/mol. The summed E-state index contributed by atoms with van der Waals surface area (Å²) in [4.78, 5) is 26.8. The van der Waals surface area contributed by atoms with Gasteiger partial charge in [0, 0.05) is 29.3 Å². The van der Waals surface area contributed by atoms with Gasteiger partial charge in [-0.05, 0) is 55.9 Å². The predicted octanol–water partition coefficient (Wildman–Crippen LogP) is 5.41. The van der Waals surface area contributed by atoms with Gasteiger partial charge < -0.3 is 19.5 Å². The Labute approximate surface area is 207 Å². The molecule has 4 rings (SSSR count). The highest BCUT2D eigenvalue weighted by atomic mass is 16.5. The lowest BCUT2D eigenvalue weighted by Gasteiger charge is -2.36. The minimum Gasteiger partial charge on any atom is -0.493 e. The molecule has 0 bridgehead atoms. The molecule has 0 aromatic heterocycles. The number of Topliss-reactive ketones (excluding diaryl/α,β-unsaturated/α-hetero) is 1. The molecule has 35 heavy (non-hydrogen) atoms. The molecule has 184 valence electrons. The number of allylic oxidation sites excluding steroid dienone is 3. The van der Waals surface area contributed by atoms with Crippen LogP contribution in [0.1, 0.15) is 63.0 Å². The fourth-order valence-corrected chi connectivity index (χ4v) is 5.01. The minimum atomic E-state index is -0.538. The second-order valence-electron chi connectivity index (χ2n) is 8.91. The number of carbonyl (C=O) groups excluding carboxylic acids is 2. The van der Waals surface area contributed by atoms with E-state index in [-0.39, 0.29) is 18.3 Å². The van der Waals surface area contributed by atoms with Gasteiger partial charge >= 0.3 is 5.97 Å². The van der Waals surface area contributed by atoms with Gasteiger partial charge in [-0.15, -0.1) is 0 Å². The van der Waals surface area contributed by atoms with Crippen LogP contribution < -0.4 is 14.8 Å². The smallest absolute Gasteiger partial charge is 0.336 e. The molecular formula is C29H33NO5. The summed E-state index contributed by atoms with van der Waals surface area (Å²) in [6.07, 6.45) is 1.97. The van der Waals surface area contributed by atoms with Crippen LogP contribution in [0.2, 0.25) is 0 Å². The zero-order valence-electron chi connectivity index (χ0n) is 20.9. The van der Waals surface area contributed by atoms with E-state index in [0.717, 1.165) is 23.2 Å². The summed E-state index contributed by atoms with van der Waals surface area (Å²) in [5.41, 5.74) is 4.61. The Kier molecular flexibility index (Phi) is 7.59. The van der Waals surface area contributed by atoms with Crippen molar-refractivity contribution < 1.29 is 23.8 Å². The molecular weight excluding hydrogens is 442 g/mol. The molecule has 2 aromatic carbocycles. The van der Waals surface area contributed by atoms with Crippen LogP contribution >= 0.6 is 0 Å². The Bertz CT molecular complexity index is 1160. The van der Waals surface area contributed by atoms with E-state index in [1.165, 1.54) is 0 Å². The SMILES string of the molecule is CCCOc1ccc(C2C(C(=O)OCC)=C(C)NC3=C2C(=O)CC(c2ccccc2)C3)cc1OC. The topological polar surface area (TPSA) is 73.9 Å². The first-order valence-corrected chi connectivity index (χ1v) is 12.2. The molecule has 2 unspecified atom stereocenters. The van der Waals surface area contributed by atoms with Crippen LogP contribution in [0.5, 0.6) is 11.5 Å². The molecule has 0 saturated carbocycles. The third kappa shape index (κ3) is 4.97. The van der Waals surface area contributed by atoms with E-state index < -0.39 is 11.9 Å². The molecule has 6 heteroatoms. The summed E-state index contributed by atoms with van der Waals surface area (Å²) >= 11 is 0. The fourth-order valence-electron chi connectivity index (χ4n) is 5.01. The monoisotopic (exact) mass is 475 g/mol. The van der Waals surface area contributed by atoms with Crippen molar-refractivity contribution in [1.82, 2.24) is 5.32 Å². The zero-order valence-corrected chi connectivity index (χ0v) is 20.9. The van der Waals surface area contributed by atoms with E-state index in [4.69, 9.17) is 14.2 Å². The van der Waals surface area contributed by atoms with Crippen molar-refractivity contribution in [3.05, 3.63) is 82.2 Å². The Morgan fingerprint density at radius 1 is 1.03 bits per heavy atom. The third-order valence-corrected chi connectivity index (χ3v) is 6.58. The molecule has 1 aliphatic heterocycles. The highest BCUT2D eigenvalue weighted by molar-refractivity contribution is 6.04. The zero-order chi connectivity index (χ0) is 24.9. The van der Waals surface area contributed by atoms with E-state index in [9.17, 15) is 9.59 Å². The second-order valence-corrected chi connectivity index (χ2v) is 8.91. The first-order chi connectivity index (χ1) is 17.0. The normalized spacial score (nSPS) is 19.7. The molecule has 1 N–H and O–H groups in total. The maximum Gasteiger partial charge on any atom is 0.336 e. The van der Waals surface area contributed by atoms with E-state index in [1.807, 2.05) is 50.2 Å². The Balaban J connectivity index is 1.80. The van der Waals surface area contributed by atoms with Gasteiger partial charge in [-0.1, -0.05) is 43.3 Å². The lowest BCUT2D eigenvalue weighted by atomic mass is 9.71. The fraction of sp³-hybridized carbons (Fsp3) is 0.379. The van der Waals surface area contributed by atoms with Crippen molar-refractivity contribution in [2.24, 2.45) is 0 Å². The van der Waals surface area contributed by atoms with Crippen LogP contribution in [0.4, 0.5) is 0 Å². The van der Waals surface area contributed by atoms with Crippen molar-refractivity contribution in [2.45, 2.75) is 51.9 Å². The number of ketones is 1. The van der Waals surface area contributed by atoms with Gasteiger partial charge in [0.2, 0.25) is 0 Å². The van der Waals surface area contributed by atoms with Gasteiger partial charge in [0.05, 0.1) is 25.9 Å². The molecule has 6 nitrogen and oxygen atoms in total. The number of ether oxygens (including phenoxy) is 3. The molecule has 0 spiro atoms. The Hall–Kier alpha value is -3.54. The van der Waals surface area contributed by atoms with E-state index in [0.29, 0.717) is 47.8 Å². The minimum absolute atomic E-state index is 0.0391. The quantitative estimate of drug-likeness (QED) is 0.515. The Morgan fingerprint density at radius 2 is 1.80 bits per heavy atom. The number of rotatable bonds is 8.